The average molecular weight is 279 g/mol. The minimum Gasteiger partial charge on any atom is -0.508 e. The Morgan fingerprint density at radius 2 is 2.00 bits per heavy atom. The molecule has 4 heteroatoms. The van der Waals surface area contributed by atoms with Gasteiger partial charge in [-0.25, -0.2) is 0 Å². The van der Waals surface area contributed by atoms with Gasteiger partial charge in [-0.05, 0) is 45.2 Å². The summed E-state index contributed by atoms with van der Waals surface area (Å²) >= 11 is 0. The standard InChI is InChI=1S/C16H25NO3/c1-16(2,19)8-11-20-15-6-9-17(10-7-15)13-4-3-5-14(18)12-13/h3-5,12,15,18-19H,6-11H2,1-2H3. The van der Waals surface area contributed by atoms with Gasteiger partial charge in [-0.3, -0.25) is 0 Å². The molecule has 0 aliphatic carbocycles. The van der Waals surface area contributed by atoms with Crippen molar-refractivity contribution in [2.24, 2.45) is 0 Å². The Hall–Kier alpha value is -1.26. The van der Waals surface area contributed by atoms with E-state index >= 15 is 0 Å². The number of hydrogen-bond donors (Lipinski definition) is 2. The lowest BCUT2D eigenvalue weighted by Gasteiger charge is -2.34. The molecule has 0 aromatic heterocycles. The second kappa shape index (κ2) is 6.46. The average Bonchev–Trinajstić information content (AvgIpc) is 2.38. The van der Waals surface area contributed by atoms with Crippen molar-refractivity contribution in [3.05, 3.63) is 24.3 Å². The molecule has 1 aliphatic rings. The third-order valence-electron chi connectivity index (χ3n) is 3.70. The molecule has 0 spiro atoms. The van der Waals surface area contributed by atoms with Crippen LogP contribution in [0.5, 0.6) is 5.75 Å². The van der Waals surface area contributed by atoms with Crippen LogP contribution in [0.15, 0.2) is 24.3 Å². The van der Waals surface area contributed by atoms with Crippen LogP contribution in [-0.4, -0.2) is 41.6 Å². The van der Waals surface area contributed by atoms with Gasteiger partial charge in [0.2, 0.25) is 0 Å². The highest BCUT2D eigenvalue weighted by Crippen LogP contribution is 2.24. The zero-order valence-electron chi connectivity index (χ0n) is 12.4. The number of anilines is 1. The number of benzene rings is 1. The van der Waals surface area contributed by atoms with Crippen LogP contribution in [0.3, 0.4) is 0 Å². The summed E-state index contributed by atoms with van der Waals surface area (Å²) in [4.78, 5) is 2.27. The highest BCUT2D eigenvalue weighted by molar-refractivity contribution is 5.50. The van der Waals surface area contributed by atoms with Crippen molar-refractivity contribution < 1.29 is 14.9 Å². The first-order valence-corrected chi connectivity index (χ1v) is 7.32. The topological polar surface area (TPSA) is 52.9 Å². The minimum absolute atomic E-state index is 0.283. The van der Waals surface area contributed by atoms with E-state index in [0.717, 1.165) is 31.6 Å². The molecule has 0 unspecified atom stereocenters. The summed E-state index contributed by atoms with van der Waals surface area (Å²) in [7, 11) is 0. The van der Waals surface area contributed by atoms with Crippen LogP contribution in [0.25, 0.3) is 0 Å². The van der Waals surface area contributed by atoms with Gasteiger partial charge in [0.25, 0.3) is 0 Å². The molecule has 4 nitrogen and oxygen atoms in total. The summed E-state index contributed by atoms with van der Waals surface area (Å²) in [5.41, 5.74) is 0.419. The Bertz CT molecular complexity index is 420. The molecule has 0 atom stereocenters. The number of aliphatic hydroxyl groups is 1. The van der Waals surface area contributed by atoms with Crippen molar-refractivity contribution >= 4 is 5.69 Å². The number of nitrogens with zero attached hydrogens (tertiary/aromatic N) is 1. The molecular formula is C16H25NO3. The Kier molecular flexibility index (Phi) is 4.89. The number of hydrogen-bond acceptors (Lipinski definition) is 4. The normalized spacial score (nSPS) is 17.4. The minimum atomic E-state index is -0.651. The molecule has 1 heterocycles. The van der Waals surface area contributed by atoms with E-state index in [1.807, 2.05) is 12.1 Å². The second-order valence-corrected chi connectivity index (χ2v) is 6.14. The van der Waals surface area contributed by atoms with Gasteiger partial charge in [0, 0.05) is 31.5 Å². The van der Waals surface area contributed by atoms with E-state index in [-0.39, 0.29) is 6.10 Å². The van der Waals surface area contributed by atoms with E-state index in [1.54, 1.807) is 26.0 Å². The van der Waals surface area contributed by atoms with E-state index in [2.05, 4.69) is 4.90 Å². The Labute approximate surface area is 121 Å². The number of rotatable bonds is 5. The molecular weight excluding hydrogens is 254 g/mol. The fourth-order valence-corrected chi connectivity index (χ4v) is 2.45. The summed E-state index contributed by atoms with van der Waals surface area (Å²) in [6.45, 7) is 6.11. The highest BCUT2D eigenvalue weighted by atomic mass is 16.5. The smallest absolute Gasteiger partial charge is 0.117 e. The molecule has 1 aliphatic heterocycles. The fraction of sp³-hybridized carbons (Fsp3) is 0.625. The van der Waals surface area contributed by atoms with Gasteiger partial charge in [-0.2, -0.15) is 0 Å². The van der Waals surface area contributed by atoms with Gasteiger partial charge >= 0.3 is 0 Å². The molecule has 1 aromatic rings. The molecule has 2 N–H and O–H groups in total. The molecule has 0 amide bonds. The van der Waals surface area contributed by atoms with Gasteiger partial charge in [0.15, 0.2) is 0 Å². The summed E-state index contributed by atoms with van der Waals surface area (Å²) < 4.78 is 5.83. The first-order chi connectivity index (χ1) is 9.44. The molecule has 0 radical (unpaired) electrons. The van der Waals surface area contributed by atoms with Crippen molar-refractivity contribution in [1.82, 2.24) is 0 Å². The van der Waals surface area contributed by atoms with Crippen molar-refractivity contribution in [2.45, 2.75) is 44.8 Å². The lowest BCUT2D eigenvalue weighted by Crippen LogP contribution is -2.37. The summed E-state index contributed by atoms with van der Waals surface area (Å²) in [5.74, 6) is 0.311. The SMILES string of the molecule is CC(C)(O)CCOC1CCN(c2cccc(O)c2)CC1. The predicted molar refractivity (Wildman–Crippen MR) is 80.2 cm³/mol. The summed E-state index contributed by atoms with van der Waals surface area (Å²) in [6.07, 6.45) is 2.92. The van der Waals surface area contributed by atoms with Crippen molar-refractivity contribution in [3.8, 4) is 5.75 Å². The maximum Gasteiger partial charge on any atom is 0.117 e. The molecule has 0 saturated carbocycles. The lowest BCUT2D eigenvalue weighted by molar-refractivity contribution is -0.00914. The van der Waals surface area contributed by atoms with E-state index in [1.165, 1.54) is 0 Å². The number of piperidine rings is 1. The van der Waals surface area contributed by atoms with E-state index < -0.39 is 5.60 Å². The zero-order valence-corrected chi connectivity index (χ0v) is 12.4. The first kappa shape index (κ1) is 15.1. The summed E-state index contributed by atoms with van der Waals surface area (Å²) in [6, 6.07) is 7.39. The van der Waals surface area contributed by atoms with Crippen LogP contribution in [0.2, 0.25) is 0 Å². The molecule has 1 saturated heterocycles. The second-order valence-electron chi connectivity index (χ2n) is 6.14. The largest absolute Gasteiger partial charge is 0.508 e. The van der Waals surface area contributed by atoms with Gasteiger partial charge in [-0.1, -0.05) is 6.07 Å². The fourth-order valence-electron chi connectivity index (χ4n) is 2.45. The van der Waals surface area contributed by atoms with Crippen LogP contribution in [0.4, 0.5) is 5.69 Å². The van der Waals surface area contributed by atoms with Crippen molar-refractivity contribution in [2.75, 3.05) is 24.6 Å². The van der Waals surface area contributed by atoms with Crippen LogP contribution in [0.1, 0.15) is 33.1 Å². The number of phenolic OH excluding ortho intramolecular Hbond substituents is 1. The van der Waals surface area contributed by atoms with Gasteiger partial charge < -0.3 is 19.8 Å². The van der Waals surface area contributed by atoms with E-state index in [0.29, 0.717) is 18.8 Å². The predicted octanol–water partition coefficient (Wildman–Crippen LogP) is 2.54. The molecule has 1 fully saturated rings. The molecule has 2 rings (SSSR count). The molecule has 1 aromatic carbocycles. The maximum absolute atomic E-state index is 9.65. The quantitative estimate of drug-likeness (QED) is 0.869. The molecule has 20 heavy (non-hydrogen) atoms. The number of phenols is 1. The monoisotopic (exact) mass is 279 g/mol. The van der Waals surface area contributed by atoms with Gasteiger partial charge in [0.1, 0.15) is 5.75 Å². The summed E-state index contributed by atoms with van der Waals surface area (Å²) in [5, 5.41) is 19.2. The third kappa shape index (κ3) is 4.69. The Morgan fingerprint density at radius 3 is 2.60 bits per heavy atom. The zero-order chi connectivity index (χ0) is 14.6. The van der Waals surface area contributed by atoms with Gasteiger partial charge in [0.05, 0.1) is 11.7 Å². The van der Waals surface area contributed by atoms with Crippen LogP contribution < -0.4 is 4.90 Å². The molecule has 0 bridgehead atoms. The van der Waals surface area contributed by atoms with E-state index in [9.17, 15) is 10.2 Å². The van der Waals surface area contributed by atoms with Crippen LogP contribution >= 0.6 is 0 Å². The molecule has 112 valence electrons. The van der Waals surface area contributed by atoms with Crippen molar-refractivity contribution in [3.63, 3.8) is 0 Å². The third-order valence-corrected chi connectivity index (χ3v) is 3.70. The van der Waals surface area contributed by atoms with Crippen LogP contribution in [-0.2, 0) is 4.74 Å². The number of ether oxygens (including phenoxy) is 1. The van der Waals surface area contributed by atoms with Crippen molar-refractivity contribution in [1.29, 1.82) is 0 Å². The Morgan fingerprint density at radius 1 is 1.30 bits per heavy atom. The first-order valence-electron chi connectivity index (χ1n) is 7.32. The van der Waals surface area contributed by atoms with Crippen LogP contribution in [0, 0.1) is 0 Å². The Balaban J connectivity index is 1.75. The van der Waals surface area contributed by atoms with Gasteiger partial charge in [-0.15, -0.1) is 0 Å². The number of aromatic hydroxyl groups is 1. The maximum atomic E-state index is 9.65. The van der Waals surface area contributed by atoms with E-state index in [4.69, 9.17) is 4.74 Å². The lowest BCUT2D eigenvalue weighted by atomic mass is 10.1. The highest BCUT2D eigenvalue weighted by Gasteiger charge is 2.21.